The van der Waals surface area contributed by atoms with Gasteiger partial charge in [-0.25, -0.2) is 0 Å². The van der Waals surface area contributed by atoms with E-state index in [1.807, 2.05) is 12.1 Å². The summed E-state index contributed by atoms with van der Waals surface area (Å²) in [5.74, 6) is 0. The van der Waals surface area contributed by atoms with Crippen LogP contribution in [0.25, 0.3) is 0 Å². The van der Waals surface area contributed by atoms with Crippen molar-refractivity contribution in [3.63, 3.8) is 0 Å². The van der Waals surface area contributed by atoms with Crippen molar-refractivity contribution in [1.29, 1.82) is 0 Å². The molecule has 1 fully saturated rings. The summed E-state index contributed by atoms with van der Waals surface area (Å²) in [7, 11) is 0. The number of anilines is 1. The molecule has 0 bridgehead atoms. The Hall–Kier alpha value is 0. The number of quaternary nitrogens is 1. The molecular weight excluding hydrogens is 359 g/mol. The highest BCUT2D eigenvalue weighted by atomic mass is 127. The first-order chi connectivity index (χ1) is 8.21. The molecule has 1 aliphatic rings. The summed E-state index contributed by atoms with van der Waals surface area (Å²) in [5.41, 5.74) is 1.19. The van der Waals surface area contributed by atoms with Gasteiger partial charge in [0.25, 0.3) is 0 Å². The van der Waals surface area contributed by atoms with Crippen molar-refractivity contribution < 1.29 is 28.5 Å². The quantitative estimate of drug-likeness (QED) is 0.528. The Labute approximate surface area is 133 Å². The number of piperazine rings is 1. The minimum absolute atomic E-state index is 0. The molecule has 0 unspecified atom stereocenters. The van der Waals surface area contributed by atoms with E-state index in [4.69, 9.17) is 11.6 Å². The van der Waals surface area contributed by atoms with E-state index < -0.39 is 0 Å². The van der Waals surface area contributed by atoms with Crippen LogP contribution in [-0.4, -0.2) is 43.8 Å². The van der Waals surface area contributed by atoms with E-state index in [1.165, 1.54) is 36.3 Å². The fourth-order valence-corrected chi connectivity index (χ4v) is 2.95. The van der Waals surface area contributed by atoms with Crippen LogP contribution in [0, 0.1) is 0 Å². The highest BCUT2D eigenvalue weighted by Crippen LogP contribution is 2.27. The normalized spacial score (nSPS) is 18.3. The molecule has 4 heteroatoms. The Kier molecular flexibility index (Phi) is 6.21. The first kappa shape index (κ1) is 16.1. The van der Waals surface area contributed by atoms with Crippen LogP contribution in [0.3, 0.4) is 0 Å². The van der Waals surface area contributed by atoms with Gasteiger partial charge in [-0.3, -0.25) is 0 Å². The van der Waals surface area contributed by atoms with Crippen molar-refractivity contribution in [2.45, 2.75) is 13.8 Å². The molecule has 1 saturated heterocycles. The van der Waals surface area contributed by atoms with Gasteiger partial charge in [-0.15, -0.1) is 0 Å². The lowest BCUT2D eigenvalue weighted by Gasteiger charge is -2.44. The van der Waals surface area contributed by atoms with E-state index in [9.17, 15) is 0 Å². The van der Waals surface area contributed by atoms with E-state index in [-0.39, 0.29) is 24.0 Å². The fraction of sp³-hybridized carbons (Fsp3) is 0.571. The van der Waals surface area contributed by atoms with Crippen LogP contribution >= 0.6 is 11.6 Å². The largest absolute Gasteiger partial charge is 1.00 e. The molecule has 0 aromatic heterocycles. The minimum Gasteiger partial charge on any atom is -1.00 e. The SMILES string of the molecule is CC[N+]1(CC)CCN(c2ccccc2Cl)CC1.[I-]. The van der Waals surface area contributed by atoms with Gasteiger partial charge in [0.05, 0.1) is 50.0 Å². The number of benzene rings is 1. The molecule has 18 heavy (non-hydrogen) atoms. The lowest BCUT2D eigenvalue weighted by molar-refractivity contribution is -0.925. The monoisotopic (exact) mass is 380 g/mol. The van der Waals surface area contributed by atoms with Gasteiger partial charge in [0.15, 0.2) is 0 Å². The van der Waals surface area contributed by atoms with Gasteiger partial charge < -0.3 is 33.4 Å². The zero-order valence-corrected chi connectivity index (χ0v) is 14.1. The second-order valence-electron chi connectivity index (χ2n) is 4.86. The number of para-hydroxylation sites is 1. The summed E-state index contributed by atoms with van der Waals surface area (Å²) in [6.45, 7) is 11.8. The van der Waals surface area contributed by atoms with Crippen LogP contribution < -0.4 is 28.9 Å². The average Bonchev–Trinajstić information content (AvgIpc) is 2.40. The maximum Gasteiger partial charge on any atom is 0.0965 e. The zero-order chi connectivity index (χ0) is 12.3. The van der Waals surface area contributed by atoms with Crippen molar-refractivity contribution in [3.05, 3.63) is 29.3 Å². The summed E-state index contributed by atoms with van der Waals surface area (Å²) < 4.78 is 1.25. The van der Waals surface area contributed by atoms with Crippen molar-refractivity contribution in [1.82, 2.24) is 0 Å². The van der Waals surface area contributed by atoms with Gasteiger partial charge in [-0.05, 0) is 26.0 Å². The summed E-state index contributed by atoms with van der Waals surface area (Å²) in [5, 5.41) is 0.875. The van der Waals surface area contributed by atoms with Crippen molar-refractivity contribution in [2.75, 3.05) is 44.2 Å². The molecule has 0 spiro atoms. The Bertz CT molecular complexity index is 370. The number of likely N-dealkylation sites (N-methyl/N-ethyl adjacent to an activating group) is 1. The molecule has 0 aliphatic carbocycles. The topological polar surface area (TPSA) is 3.24 Å². The maximum atomic E-state index is 6.25. The number of hydrogen-bond donors (Lipinski definition) is 0. The minimum atomic E-state index is 0. The predicted molar refractivity (Wildman–Crippen MR) is 74.7 cm³/mol. The van der Waals surface area contributed by atoms with Crippen molar-refractivity contribution in [2.24, 2.45) is 0 Å². The van der Waals surface area contributed by atoms with Gasteiger partial charge in [0, 0.05) is 0 Å². The molecule has 0 saturated carbocycles. The molecule has 1 heterocycles. The third-order valence-corrected chi connectivity index (χ3v) is 4.54. The molecule has 0 amide bonds. The summed E-state index contributed by atoms with van der Waals surface area (Å²) in [4.78, 5) is 2.42. The smallest absolute Gasteiger partial charge is 0.0965 e. The molecule has 1 aromatic rings. The Morgan fingerprint density at radius 2 is 1.67 bits per heavy atom. The Morgan fingerprint density at radius 3 is 2.17 bits per heavy atom. The Balaban J connectivity index is 0.00000162. The highest BCUT2D eigenvalue weighted by molar-refractivity contribution is 6.33. The average molecular weight is 381 g/mol. The third kappa shape index (κ3) is 3.31. The Morgan fingerprint density at radius 1 is 1.11 bits per heavy atom. The zero-order valence-electron chi connectivity index (χ0n) is 11.2. The second-order valence-corrected chi connectivity index (χ2v) is 5.27. The lowest BCUT2D eigenvalue weighted by Crippen LogP contribution is -3.00. The molecule has 2 rings (SSSR count). The summed E-state index contributed by atoms with van der Waals surface area (Å²) in [6.07, 6.45) is 0. The lowest BCUT2D eigenvalue weighted by atomic mass is 10.2. The highest BCUT2D eigenvalue weighted by Gasteiger charge is 2.30. The van der Waals surface area contributed by atoms with Crippen LogP contribution in [-0.2, 0) is 0 Å². The van der Waals surface area contributed by atoms with E-state index in [1.54, 1.807) is 0 Å². The van der Waals surface area contributed by atoms with Gasteiger partial charge in [0.2, 0.25) is 0 Å². The molecular formula is C14H22ClIN2. The molecule has 1 aromatic carbocycles. The number of hydrogen-bond acceptors (Lipinski definition) is 1. The molecule has 0 atom stereocenters. The van der Waals surface area contributed by atoms with Gasteiger partial charge >= 0.3 is 0 Å². The molecule has 1 aliphatic heterocycles. The number of rotatable bonds is 3. The van der Waals surface area contributed by atoms with Crippen LogP contribution in [0.1, 0.15) is 13.8 Å². The van der Waals surface area contributed by atoms with Crippen LogP contribution in [0.15, 0.2) is 24.3 Å². The second kappa shape index (κ2) is 6.96. The molecule has 0 N–H and O–H groups in total. The maximum absolute atomic E-state index is 6.25. The van der Waals surface area contributed by atoms with E-state index in [0.717, 1.165) is 18.1 Å². The fourth-order valence-electron chi connectivity index (χ4n) is 2.69. The number of halogens is 2. The van der Waals surface area contributed by atoms with E-state index in [0.29, 0.717) is 0 Å². The predicted octanol–water partition coefficient (Wildman–Crippen LogP) is 0.0206. The van der Waals surface area contributed by atoms with Crippen LogP contribution in [0.5, 0.6) is 0 Å². The molecule has 2 nitrogen and oxygen atoms in total. The van der Waals surface area contributed by atoms with E-state index >= 15 is 0 Å². The van der Waals surface area contributed by atoms with Gasteiger partial charge in [0.1, 0.15) is 0 Å². The van der Waals surface area contributed by atoms with Crippen molar-refractivity contribution >= 4 is 17.3 Å². The standard InChI is InChI=1S/C14H22ClN2.HI/c1-3-17(4-2)11-9-16(10-12-17)14-8-6-5-7-13(14)15;/h5-8H,3-4,9-12H2,1-2H3;1H/q+1;/p-1. The van der Waals surface area contributed by atoms with E-state index in [2.05, 4.69) is 30.9 Å². The first-order valence-corrected chi connectivity index (χ1v) is 6.93. The molecule has 0 radical (unpaired) electrons. The van der Waals surface area contributed by atoms with Crippen LogP contribution in [0.2, 0.25) is 5.02 Å². The first-order valence-electron chi connectivity index (χ1n) is 6.55. The molecule has 102 valence electrons. The third-order valence-electron chi connectivity index (χ3n) is 4.22. The van der Waals surface area contributed by atoms with Gasteiger partial charge in [-0.1, -0.05) is 23.7 Å². The summed E-state index contributed by atoms with van der Waals surface area (Å²) in [6, 6.07) is 8.17. The van der Waals surface area contributed by atoms with Crippen LogP contribution in [0.4, 0.5) is 5.69 Å². The van der Waals surface area contributed by atoms with Crippen molar-refractivity contribution in [3.8, 4) is 0 Å². The number of nitrogens with zero attached hydrogens (tertiary/aromatic N) is 2. The summed E-state index contributed by atoms with van der Waals surface area (Å²) >= 11 is 6.25. The van der Waals surface area contributed by atoms with Gasteiger partial charge in [-0.2, -0.15) is 0 Å².